The fourth-order valence-electron chi connectivity index (χ4n) is 2.28. The van der Waals surface area contributed by atoms with E-state index in [-0.39, 0.29) is 24.4 Å². The van der Waals surface area contributed by atoms with Crippen LogP contribution < -0.4 is 0 Å². The van der Waals surface area contributed by atoms with E-state index in [2.05, 4.69) is 0 Å². The Labute approximate surface area is 187 Å². The minimum absolute atomic E-state index is 0.0120. The lowest BCUT2D eigenvalue weighted by molar-refractivity contribution is -0.0858. The minimum atomic E-state index is -3.05. The van der Waals surface area contributed by atoms with Crippen LogP contribution in [-0.2, 0) is 35.4 Å². The van der Waals surface area contributed by atoms with Gasteiger partial charge in [0.2, 0.25) is 0 Å². The van der Waals surface area contributed by atoms with E-state index < -0.39 is 18.1 Å². The molecule has 8 nitrogen and oxygen atoms in total. The number of rotatable bonds is 16. The largest absolute Gasteiger partial charge is 0.680 e. The Morgan fingerprint density at radius 3 is 0.733 bits per heavy atom. The molecule has 0 heterocycles. The standard InChI is InChI=1S/C12H28O4Si.C8H20O4Si/c1-9(2)13-17(14-10(3)4,15-11(5)6)16-12(7)8;1-5-9-13(10-6-2,11-7-3)12-8-4/h9-12H,1-8H3;5-8H2,1-4H3. The SMILES string of the molecule is CC(C)O[Si](OC(C)C)(OC(C)C)OC(C)C.CCO[Si](OCC)(OCC)OCC. The van der Waals surface area contributed by atoms with Crippen molar-refractivity contribution < 1.29 is 35.4 Å². The average Bonchev–Trinajstić information content (AvgIpc) is 2.53. The molecular weight excluding hydrogens is 424 g/mol. The van der Waals surface area contributed by atoms with E-state index in [1.165, 1.54) is 0 Å². The van der Waals surface area contributed by atoms with Crippen LogP contribution in [0.25, 0.3) is 0 Å². The lowest BCUT2D eigenvalue weighted by atomic mass is 10.5. The summed E-state index contributed by atoms with van der Waals surface area (Å²) in [7, 11) is -5.84. The summed E-state index contributed by atoms with van der Waals surface area (Å²) in [4.78, 5) is 0. The molecule has 0 atom stereocenters. The Balaban J connectivity index is 0. The fraction of sp³-hybridized carbons (Fsp3) is 1.00. The predicted octanol–water partition coefficient (Wildman–Crippen LogP) is 4.69. The molecule has 0 aromatic heterocycles. The first-order valence-electron chi connectivity index (χ1n) is 11.2. The van der Waals surface area contributed by atoms with Gasteiger partial charge in [-0.3, -0.25) is 0 Å². The molecular formula is C20H48O8Si2. The normalized spacial score (nSPS) is 12.8. The third-order valence-electron chi connectivity index (χ3n) is 2.80. The molecule has 0 saturated heterocycles. The van der Waals surface area contributed by atoms with Gasteiger partial charge in [0.05, 0.1) is 0 Å². The summed E-state index contributed by atoms with van der Waals surface area (Å²) in [6.45, 7) is 25.5. The van der Waals surface area contributed by atoms with Gasteiger partial charge in [0, 0.05) is 50.8 Å². The van der Waals surface area contributed by atoms with E-state index in [1.807, 2.05) is 83.1 Å². The molecule has 0 bridgehead atoms. The van der Waals surface area contributed by atoms with E-state index in [4.69, 9.17) is 35.4 Å². The van der Waals surface area contributed by atoms with E-state index >= 15 is 0 Å². The van der Waals surface area contributed by atoms with Crippen molar-refractivity contribution in [3.05, 3.63) is 0 Å². The Morgan fingerprint density at radius 2 is 0.600 bits per heavy atom. The molecule has 0 saturated carbocycles. The summed E-state index contributed by atoms with van der Waals surface area (Å²) in [5, 5.41) is 0. The molecule has 0 N–H and O–H groups in total. The van der Waals surface area contributed by atoms with Gasteiger partial charge in [-0.15, -0.1) is 0 Å². The Hall–Kier alpha value is 0.114. The summed E-state index contributed by atoms with van der Waals surface area (Å²) in [5.41, 5.74) is 0. The molecule has 184 valence electrons. The summed E-state index contributed by atoms with van der Waals surface area (Å²) >= 11 is 0. The van der Waals surface area contributed by atoms with Crippen LogP contribution in [0.3, 0.4) is 0 Å². The van der Waals surface area contributed by atoms with Gasteiger partial charge >= 0.3 is 18.1 Å². The maximum atomic E-state index is 5.84. The van der Waals surface area contributed by atoms with E-state index in [1.54, 1.807) is 0 Å². The molecule has 0 rings (SSSR count). The van der Waals surface area contributed by atoms with Crippen molar-refractivity contribution in [1.82, 2.24) is 0 Å². The van der Waals surface area contributed by atoms with E-state index in [0.29, 0.717) is 26.4 Å². The summed E-state index contributed by atoms with van der Waals surface area (Å²) in [6.07, 6.45) is 0.0478. The van der Waals surface area contributed by atoms with E-state index in [9.17, 15) is 0 Å². The van der Waals surface area contributed by atoms with Crippen LogP contribution in [0, 0.1) is 0 Å². The van der Waals surface area contributed by atoms with Crippen molar-refractivity contribution in [2.24, 2.45) is 0 Å². The fourth-order valence-corrected chi connectivity index (χ4v) is 6.84. The van der Waals surface area contributed by atoms with Crippen molar-refractivity contribution in [3.8, 4) is 0 Å². The van der Waals surface area contributed by atoms with Crippen molar-refractivity contribution in [2.45, 2.75) is 108 Å². The molecule has 0 aliphatic heterocycles. The summed E-state index contributed by atoms with van der Waals surface area (Å²) in [6, 6.07) is 0. The van der Waals surface area contributed by atoms with Gasteiger partial charge in [0.1, 0.15) is 0 Å². The highest BCUT2D eigenvalue weighted by Gasteiger charge is 2.49. The van der Waals surface area contributed by atoms with Gasteiger partial charge < -0.3 is 35.4 Å². The molecule has 30 heavy (non-hydrogen) atoms. The maximum absolute atomic E-state index is 5.84. The molecule has 0 fully saturated rings. The van der Waals surface area contributed by atoms with Gasteiger partial charge in [0.15, 0.2) is 0 Å². The topological polar surface area (TPSA) is 73.8 Å². The third kappa shape index (κ3) is 15.8. The molecule has 0 spiro atoms. The van der Waals surface area contributed by atoms with Crippen LogP contribution in [0.5, 0.6) is 0 Å². The van der Waals surface area contributed by atoms with Crippen molar-refractivity contribution in [1.29, 1.82) is 0 Å². The Kier molecular flexibility index (Phi) is 19.0. The van der Waals surface area contributed by atoms with Crippen LogP contribution in [0.1, 0.15) is 83.1 Å². The van der Waals surface area contributed by atoms with Crippen LogP contribution >= 0.6 is 0 Å². The van der Waals surface area contributed by atoms with E-state index in [0.717, 1.165) is 0 Å². The highest BCUT2D eigenvalue weighted by molar-refractivity contribution is 6.54. The maximum Gasteiger partial charge on any atom is 0.680 e. The van der Waals surface area contributed by atoms with Crippen LogP contribution in [0.2, 0.25) is 0 Å². The molecule has 0 radical (unpaired) electrons. The van der Waals surface area contributed by atoms with Crippen LogP contribution in [0.15, 0.2) is 0 Å². The molecule has 0 aromatic rings. The first-order valence-corrected chi connectivity index (χ1v) is 14.4. The second-order valence-corrected chi connectivity index (χ2v) is 11.5. The Bertz CT molecular complexity index is 320. The van der Waals surface area contributed by atoms with Gasteiger partial charge in [-0.25, -0.2) is 0 Å². The second kappa shape index (κ2) is 17.6. The summed E-state index contributed by atoms with van der Waals surface area (Å²) < 4.78 is 45.1. The predicted molar refractivity (Wildman–Crippen MR) is 123 cm³/mol. The zero-order chi connectivity index (χ0) is 23.8. The van der Waals surface area contributed by atoms with Crippen LogP contribution in [-0.4, -0.2) is 68.9 Å². The third-order valence-corrected chi connectivity index (χ3v) is 8.41. The zero-order valence-corrected chi connectivity index (χ0v) is 23.4. The molecule has 0 amide bonds. The monoisotopic (exact) mass is 472 g/mol. The molecule has 0 aliphatic carbocycles. The molecule has 10 heteroatoms. The second-order valence-electron chi connectivity index (χ2n) is 7.40. The molecule has 0 unspecified atom stereocenters. The van der Waals surface area contributed by atoms with Crippen molar-refractivity contribution in [2.75, 3.05) is 26.4 Å². The van der Waals surface area contributed by atoms with Gasteiger partial charge in [0.25, 0.3) is 0 Å². The van der Waals surface area contributed by atoms with Gasteiger partial charge in [-0.2, -0.15) is 0 Å². The Morgan fingerprint density at radius 1 is 0.400 bits per heavy atom. The quantitative estimate of drug-likeness (QED) is 0.300. The highest BCUT2D eigenvalue weighted by Crippen LogP contribution is 2.20. The average molecular weight is 473 g/mol. The number of hydrogen-bond donors (Lipinski definition) is 0. The first-order chi connectivity index (χ1) is 13.9. The smallest absolute Gasteiger partial charge is 0.351 e. The molecule has 0 aromatic carbocycles. The molecule has 0 aliphatic rings. The lowest BCUT2D eigenvalue weighted by Crippen LogP contribution is -2.54. The van der Waals surface area contributed by atoms with Gasteiger partial charge in [-0.05, 0) is 83.1 Å². The highest BCUT2D eigenvalue weighted by atomic mass is 28.4. The van der Waals surface area contributed by atoms with Crippen LogP contribution in [0.4, 0.5) is 0 Å². The lowest BCUT2D eigenvalue weighted by Gasteiger charge is -2.33. The zero-order valence-electron chi connectivity index (χ0n) is 21.4. The summed E-state index contributed by atoms with van der Waals surface area (Å²) in [5.74, 6) is 0. The minimum Gasteiger partial charge on any atom is -0.351 e. The van der Waals surface area contributed by atoms with Crippen molar-refractivity contribution >= 4 is 18.1 Å². The first kappa shape index (κ1) is 32.3. The van der Waals surface area contributed by atoms with Gasteiger partial charge in [-0.1, -0.05) is 0 Å². The van der Waals surface area contributed by atoms with Crippen molar-refractivity contribution in [3.63, 3.8) is 0 Å². The number of hydrogen-bond acceptors (Lipinski definition) is 8.